The Kier molecular flexibility index (Phi) is 8.22. The van der Waals surface area contributed by atoms with Gasteiger partial charge in [0.2, 0.25) is 5.91 Å². The third-order valence-corrected chi connectivity index (χ3v) is 8.47. The smallest absolute Gasteiger partial charge is 0.229 e. The van der Waals surface area contributed by atoms with E-state index in [0.717, 1.165) is 15.8 Å². The van der Waals surface area contributed by atoms with Gasteiger partial charge in [-0.1, -0.05) is 72.0 Å². The molecule has 1 aromatic heterocycles. The zero-order valence-corrected chi connectivity index (χ0v) is 21.8. The third-order valence-electron chi connectivity index (χ3n) is 5.69. The molecule has 3 aromatic carbocycles. The molecule has 4 aromatic rings. The molecule has 188 valence electrons. The van der Waals surface area contributed by atoms with Crippen molar-refractivity contribution in [3.8, 4) is 11.5 Å². The summed E-state index contributed by atoms with van der Waals surface area (Å²) in [5, 5.41) is 0.508. The molecule has 1 heterocycles. The molecule has 4 rings (SSSR count). The highest BCUT2D eigenvalue weighted by molar-refractivity contribution is 7.90. The number of hydrogen-bond donors (Lipinski definition) is 0. The van der Waals surface area contributed by atoms with Crippen LogP contribution in [0.5, 0.6) is 11.5 Å². The second kappa shape index (κ2) is 11.5. The summed E-state index contributed by atoms with van der Waals surface area (Å²) in [5.41, 5.74) is 2.31. The lowest BCUT2D eigenvalue weighted by Crippen LogP contribution is -2.30. The predicted molar refractivity (Wildman–Crippen MR) is 144 cm³/mol. The molecule has 0 aliphatic heterocycles. The fraction of sp³-hybridized carbons (Fsp3) is 0.259. The molecule has 7 nitrogen and oxygen atoms in total. The molecular weight excluding hydrogens is 496 g/mol. The van der Waals surface area contributed by atoms with E-state index in [0.29, 0.717) is 28.7 Å². The van der Waals surface area contributed by atoms with Gasteiger partial charge in [-0.2, -0.15) is 0 Å². The van der Waals surface area contributed by atoms with Crippen LogP contribution in [0.1, 0.15) is 24.0 Å². The normalized spacial score (nSPS) is 11.4. The zero-order chi connectivity index (χ0) is 25.5. The first-order valence-electron chi connectivity index (χ1n) is 11.5. The molecule has 0 fully saturated rings. The Hall–Kier alpha value is -3.43. The van der Waals surface area contributed by atoms with Crippen molar-refractivity contribution in [1.29, 1.82) is 0 Å². The maximum atomic E-state index is 13.4. The number of ether oxygens (including phenoxy) is 2. The summed E-state index contributed by atoms with van der Waals surface area (Å²) in [7, 11) is -0.176. The first kappa shape index (κ1) is 25.7. The van der Waals surface area contributed by atoms with E-state index in [2.05, 4.69) is 0 Å². The SMILES string of the molecule is COc1ccc(OC)c2sc(N(Cc3ccccc3)C(=O)CCCS(=O)(=O)Cc3ccccc3)nc12. The average Bonchev–Trinajstić information content (AvgIpc) is 3.32. The van der Waals surface area contributed by atoms with Gasteiger partial charge in [0.25, 0.3) is 0 Å². The Morgan fingerprint density at radius 1 is 0.889 bits per heavy atom. The summed E-state index contributed by atoms with van der Waals surface area (Å²) in [4.78, 5) is 19.7. The van der Waals surface area contributed by atoms with Crippen LogP contribution < -0.4 is 14.4 Å². The van der Waals surface area contributed by atoms with Crippen LogP contribution >= 0.6 is 11.3 Å². The maximum absolute atomic E-state index is 13.4. The van der Waals surface area contributed by atoms with Crippen LogP contribution in [0.3, 0.4) is 0 Å². The molecule has 9 heteroatoms. The van der Waals surface area contributed by atoms with Gasteiger partial charge in [0.15, 0.2) is 15.0 Å². The van der Waals surface area contributed by atoms with Crippen LogP contribution in [-0.4, -0.2) is 39.3 Å². The van der Waals surface area contributed by atoms with Crippen molar-refractivity contribution in [3.05, 3.63) is 83.9 Å². The van der Waals surface area contributed by atoms with Crippen molar-refractivity contribution in [1.82, 2.24) is 4.98 Å². The standard InChI is InChI=1S/C27H28N2O5S2/c1-33-22-15-16-23(34-2)26-25(22)28-27(35-26)29(18-20-10-5-3-6-11-20)24(30)14-9-17-36(31,32)19-21-12-7-4-8-13-21/h3-8,10-13,15-16H,9,14,17-19H2,1-2H3. The van der Waals surface area contributed by atoms with Gasteiger partial charge in [-0.25, -0.2) is 13.4 Å². The fourth-order valence-corrected chi connectivity index (χ4v) is 6.42. The lowest BCUT2D eigenvalue weighted by atomic mass is 10.2. The number of hydrogen-bond acceptors (Lipinski definition) is 7. The molecule has 0 saturated carbocycles. The topological polar surface area (TPSA) is 85.8 Å². The Morgan fingerprint density at radius 3 is 2.14 bits per heavy atom. The highest BCUT2D eigenvalue weighted by atomic mass is 32.2. The Bertz CT molecular complexity index is 1380. The summed E-state index contributed by atoms with van der Waals surface area (Å²) in [6, 6.07) is 22.3. The monoisotopic (exact) mass is 524 g/mol. The van der Waals surface area contributed by atoms with E-state index in [1.807, 2.05) is 54.6 Å². The number of carbonyl (C=O) groups excluding carboxylic acids is 1. The molecule has 1 amide bonds. The number of nitrogens with zero attached hydrogens (tertiary/aromatic N) is 2. The van der Waals surface area contributed by atoms with Crippen LogP contribution in [0.2, 0.25) is 0 Å². The van der Waals surface area contributed by atoms with Crippen LogP contribution in [0, 0.1) is 0 Å². The summed E-state index contributed by atoms with van der Waals surface area (Å²) in [6.07, 6.45) is 0.321. The Labute approximate surface area is 215 Å². The van der Waals surface area contributed by atoms with E-state index in [4.69, 9.17) is 14.5 Å². The van der Waals surface area contributed by atoms with E-state index in [1.165, 1.54) is 11.3 Å². The number of anilines is 1. The molecule has 0 unspecified atom stereocenters. The van der Waals surface area contributed by atoms with Gasteiger partial charge >= 0.3 is 0 Å². The highest BCUT2D eigenvalue weighted by Crippen LogP contribution is 2.40. The van der Waals surface area contributed by atoms with Gasteiger partial charge in [-0.05, 0) is 29.7 Å². The van der Waals surface area contributed by atoms with Gasteiger partial charge < -0.3 is 9.47 Å². The summed E-state index contributed by atoms with van der Waals surface area (Å²) in [5.74, 6) is 0.952. The number of methoxy groups -OCH3 is 2. The number of thiazole rings is 1. The summed E-state index contributed by atoms with van der Waals surface area (Å²) in [6.45, 7) is 0.320. The molecule has 0 saturated heterocycles. The van der Waals surface area contributed by atoms with Crippen LogP contribution in [0.25, 0.3) is 10.2 Å². The number of sulfone groups is 1. The first-order chi connectivity index (χ1) is 17.4. The number of rotatable bonds is 11. The molecule has 0 bridgehead atoms. The van der Waals surface area contributed by atoms with Gasteiger partial charge in [-0.15, -0.1) is 0 Å². The minimum atomic E-state index is -3.33. The van der Waals surface area contributed by atoms with Gasteiger partial charge in [0, 0.05) is 6.42 Å². The van der Waals surface area contributed by atoms with Crippen molar-refractivity contribution >= 4 is 42.4 Å². The van der Waals surface area contributed by atoms with Crippen molar-refractivity contribution in [3.63, 3.8) is 0 Å². The number of amides is 1. The molecule has 0 N–H and O–H groups in total. The van der Waals surface area contributed by atoms with Crippen molar-refractivity contribution in [2.45, 2.75) is 25.1 Å². The largest absolute Gasteiger partial charge is 0.495 e. The van der Waals surface area contributed by atoms with E-state index >= 15 is 0 Å². The Morgan fingerprint density at radius 2 is 1.50 bits per heavy atom. The fourth-order valence-electron chi connectivity index (χ4n) is 3.90. The molecule has 0 atom stereocenters. The summed E-state index contributed by atoms with van der Waals surface area (Å²) < 4.78 is 37.0. The molecule has 0 spiro atoms. The molecular formula is C27H28N2O5S2. The highest BCUT2D eigenvalue weighted by Gasteiger charge is 2.23. The van der Waals surface area contributed by atoms with Crippen molar-refractivity contribution in [2.75, 3.05) is 24.9 Å². The van der Waals surface area contributed by atoms with Gasteiger partial charge in [0.05, 0.1) is 32.3 Å². The van der Waals surface area contributed by atoms with Crippen LogP contribution in [0.4, 0.5) is 5.13 Å². The molecule has 0 radical (unpaired) electrons. The minimum Gasteiger partial charge on any atom is -0.495 e. The van der Waals surface area contributed by atoms with Crippen LogP contribution in [-0.2, 0) is 26.9 Å². The molecule has 0 aliphatic rings. The predicted octanol–water partition coefficient (Wildman–Crippen LogP) is 5.24. The van der Waals surface area contributed by atoms with E-state index < -0.39 is 9.84 Å². The van der Waals surface area contributed by atoms with Gasteiger partial charge in [-0.3, -0.25) is 9.69 Å². The van der Waals surface area contributed by atoms with Crippen LogP contribution in [0.15, 0.2) is 72.8 Å². The maximum Gasteiger partial charge on any atom is 0.229 e. The van der Waals surface area contributed by atoms with Crippen molar-refractivity contribution in [2.24, 2.45) is 0 Å². The molecule has 36 heavy (non-hydrogen) atoms. The quantitative estimate of drug-likeness (QED) is 0.267. The lowest BCUT2D eigenvalue weighted by Gasteiger charge is -2.20. The first-order valence-corrected chi connectivity index (χ1v) is 14.1. The zero-order valence-electron chi connectivity index (χ0n) is 20.2. The number of aromatic nitrogens is 1. The second-order valence-corrected chi connectivity index (χ2v) is 11.5. The minimum absolute atomic E-state index is 0.0345. The van der Waals surface area contributed by atoms with E-state index in [9.17, 15) is 13.2 Å². The lowest BCUT2D eigenvalue weighted by molar-refractivity contribution is -0.118. The van der Waals surface area contributed by atoms with Crippen molar-refractivity contribution < 1.29 is 22.7 Å². The number of carbonyl (C=O) groups is 1. The third kappa shape index (κ3) is 6.22. The Balaban J connectivity index is 1.55. The number of benzene rings is 3. The van der Waals surface area contributed by atoms with E-state index in [-0.39, 0.29) is 30.3 Å². The van der Waals surface area contributed by atoms with Gasteiger partial charge in [0.1, 0.15) is 21.7 Å². The van der Waals surface area contributed by atoms with E-state index in [1.54, 1.807) is 37.3 Å². The second-order valence-electron chi connectivity index (χ2n) is 8.29. The average molecular weight is 525 g/mol. The molecule has 0 aliphatic carbocycles. The number of fused-ring (bicyclic) bond motifs is 1. The summed E-state index contributed by atoms with van der Waals surface area (Å²) >= 11 is 1.35.